The molecule has 0 bridgehead atoms. The van der Waals surface area contributed by atoms with Gasteiger partial charge in [0.1, 0.15) is 12.4 Å². The molecule has 2 aromatic rings. The lowest BCUT2D eigenvalue weighted by atomic mass is 10.1. The molecule has 7 nitrogen and oxygen atoms in total. The number of aliphatic imine (C=N–C) groups is 1. The van der Waals surface area contributed by atoms with Crippen LogP contribution in [0.1, 0.15) is 24.9 Å². The predicted molar refractivity (Wildman–Crippen MR) is 92.6 cm³/mol. The standard InChI is InChI=1S/C17H21F2N5O2/c1-2-20-17(23-10-15-21-7-8-24(15)16(18)19)22-6-5-12-3-4-13-14(9-12)26-11-25-13/h3-4,7-9,16H,2,5-6,10-11H2,1H3,(H2,20,22,23). The molecule has 1 aromatic heterocycles. The Morgan fingerprint density at radius 3 is 2.96 bits per heavy atom. The number of rotatable bonds is 7. The van der Waals surface area contributed by atoms with E-state index < -0.39 is 6.55 Å². The highest BCUT2D eigenvalue weighted by molar-refractivity contribution is 5.79. The van der Waals surface area contributed by atoms with E-state index in [2.05, 4.69) is 20.6 Å². The first-order valence-corrected chi connectivity index (χ1v) is 8.38. The summed E-state index contributed by atoms with van der Waals surface area (Å²) < 4.78 is 37.2. The molecule has 1 aliphatic rings. The highest BCUT2D eigenvalue weighted by Gasteiger charge is 2.13. The van der Waals surface area contributed by atoms with E-state index in [1.165, 1.54) is 12.4 Å². The Hall–Kier alpha value is -2.84. The first-order valence-electron chi connectivity index (χ1n) is 8.38. The van der Waals surface area contributed by atoms with E-state index in [9.17, 15) is 8.78 Å². The van der Waals surface area contributed by atoms with Crippen molar-refractivity contribution in [3.05, 3.63) is 42.0 Å². The molecule has 0 spiro atoms. The molecular weight excluding hydrogens is 344 g/mol. The van der Waals surface area contributed by atoms with Crippen molar-refractivity contribution in [3.8, 4) is 11.5 Å². The summed E-state index contributed by atoms with van der Waals surface area (Å²) in [5, 5.41) is 6.28. The van der Waals surface area contributed by atoms with Gasteiger partial charge >= 0.3 is 6.55 Å². The number of ether oxygens (including phenoxy) is 2. The van der Waals surface area contributed by atoms with Crippen LogP contribution >= 0.6 is 0 Å². The van der Waals surface area contributed by atoms with Crippen LogP contribution in [0.4, 0.5) is 8.78 Å². The molecule has 0 saturated carbocycles. The minimum absolute atomic E-state index is 0.0662. The highest BCUT2D eigenvalue weighted by atomic mass is 19.3. The number of aromatic nitrogens is 2. The van der Waals surface area contributed by atoms with Gasteiger partial charge in [-0.25, -0.2) is 9.98 Å². The Morgan fingerprint density at radius 1 is 1.31 bits per heavy atom. The summed E-state index contributed by atoms with van der Waals surface area (Å²) in [5.41, 5.74) is 1.10. The number of benzene rings is 1. The summed E-state index contributed by atoms with van der Waals surface area (Å²) in [4.78, 5) is 8.25. The monoisotopic (exact) mass is 365 g/mol. The number of guanidine groups is 1. The van der Waals surface area contributed by atoms with Crippen LogP contribution in [-0.4, -0.2) is 35.4 Å². The predicted octanol–water partition coefficient (Wildman–Crippen LogP) is 2.30. The molecule has 1 aliphatic heterocycles. The van der Waals surface area contributed by atoms with Crippen LogP contribution in [0.5, 0.6) is 11.5 Å². The van der Waals surface area contributed by atoms with Gasteiger partial charge in [0.05, 0.1) is 0 Å². The molecule has 0 fully saturated rings. The zero-order chi connectivity index (χ0) is 18.4. The number of nitrogens with zero attached hydrogens (tertiary/aromatic N) is 3. The summed E-state index contributed by atoms with van der Waals surface area (Å²) >= 11 is 0. The third kappa shape index (κ3) is 4.41. The molecule has 0 saturated heterocycles. The molecule has 0 aliphatic carbocycles. The van der Waals surface area contributed by atoms with Crippen molar-refractivity contribution >= 4 is 5.96 Å². The molecular formula is C17H21F2N5O2. The largest absolute Gasteiger partial charge is 0.454 e. The number of alkyl halides is 2. The smallest absolute Gasteiger partial charge is 0.319 e. The van der Waals surface area contributed by atoms with E-state index in [0.29, 0.717) is 19.0 Å². The highest BCUT2D eigenvalue weighted by Crippen LogP contribution is 2.32. The van der Waals surface area contributed by atoms with Gasteiger partial charge in [0.15, 0.2) is 17.5 Å². The summed E-state index contributed by atoms with van der Waals surface area (Å²) in [6, 6.07) is 5.83. The van der Waals surface area contributed by atoms with Crippen molar-refractivity contribution in [2.24, 2.45) is 4.99 Å². The van der Waals surface area contributed by atoms with Gasteiger partial charge in [-0.15, -0.1) is 0 Å². The van der Waals surface area contributed by atoms with Crippen LogP contribution in [0, 0.1) is 0 Å². The summed E-state index contributed by atoms with van der Waals surface area (Å²) in [7, 11) is 0. The lowest BCUT2D eigenvalue weighted by molar-refractivity contribution is 0.0671. The maximum Gasteiger partial charge on any atom is 0.319 e. The first kappa shape index (κ1) is 18.0. The van der Waals surface area contributed by atoms with Crippen molar-refractivity contribution in [2.75, 3.05) is 19.9 Å². The van der Waals surface area contributed by atoms with Crippen molar-refractivity contribution in [1.29, 1.82) is 0 Å². The molecule has 2 heterocycles. The number of hydrogen-bond acceptors (Lipinski definition) is 4. The van der Waals surface area contributed by atoms with Gasteiger partial charge in [0.2, 0.25) is 6.79 Å². The van der Waals surface area contributed by atoms with Gasteiger partial charge in [-0.2, -0.15) is 8.78 Å². The van der Waals surface area contributed by atoms with Crippen molar-refractivity contribution in [3.63, 3.8) is 0 Å². The second kappa shape index (κ2) is 8.50. The van der Waals surface area contributed by atoms with Crippen LogP contribution in [-0.2, 0) is 13.0 Å². The fraction of sp³-hybridized carbons (Fsp3) is 0.412. The number of nitrogens with one attached hydrogen (secondary N) is 2. The molecule has 1 aromatic carbocycles. The van der Waals surface area contributed by atoms with Gasteiger partial charge in [-0.05, 0) is 31.0 Å². The molecule has 26 heavy (non-hydrogen) atoms. The van der Waals surface area contributed by atoms with E-state index in [4.69, 9.17) is 9.47 Å². The maximum absolute atomic E-state index is 12.8. The Kier molecular flexibility index (Phi) is 5.88. The van der Waals surface area contributed by atoms with Crippen molar-refractivity contribution in [1.82, 2.24) is 20.2 Å². The fourth-order valence-corrected chi connectivity index (χ4v) is 2.56. The molecule has 0 atom stereocenters. The van der Waals surface area contributed by atoms with Crippen molar-refractivity contribution < 1.29 is 18.3 Å². The second-order valence-corrected chi connectivity index (χ2v) is 5.59. The van der Waals surface area contributed by atoms with Crippen LogP contribution in [0.3, 0.4) is 0 Å². The fourth-order valence-electron chi connectivity index (χ4n) is 2.56. The topological polar surface area (TPSA) is 72.7 Å². The lowest BCUT2D eigenvalue weighted by Gasteiger charge is -2.12. The number of hydrogen-bond donors (Lipinski definition) is 2. The van der Waals surface area contributed by atoms with Gasteiger partial charge in [0, 0.05) is 25.5 Å². The molecule has 0 unspecified atom stereocenters. The third-order valence-electron chi connectivity index (χ3n) is 3.83. The number of halogens is 2. The van der Waals surface area contributed by atoms with Gasteiger partial charge in [-0.1, -0.05) is 6.07 Å². The van der Waals surface area contributed by atoms with Crippen molar-refractivity contribution in [2.45, 2.75) is 26.4 Å². The average molecular weight is 365 g/mol. The van der Waals surface area contributed by atoms with E-state index in [1.807, 2.05) is 25.1 Å². The normalized spacial score (nSPS) is 13.3. The van der Waals surface area contributed by atoms with E-state index >= 15 is 0 Å². The second-order valence-electron chi connectivity index (χ2n) is 5.59. The molecule has 0 radical (unpaired) electrons. The summed E-state index contributed by atoms with van der Waals surface area (Å²) in [5.74, 6) is 2.28. The molecule has 140 valence electrons. The van der Waals surface area contributed by atoms with Gasteiger partial charge < -0.3 is 20.1 Å². The van der Waals surface area contributed by atoms with Crippen LogP contribution in [0.15, 0.2) is 35.6 Å². The van der Waals surface area contributed by atoms with E-state index in [0.717, 1.165) is 28.1 Å². The minimum atomic E-state index is -2.62. The average Bonchev–Trinajstić information content (AvgIpc) is 3.28. The van der Waals surface area contributed by atoms with Gasteiger partial charge in [0.25, 0.3) is 0 Å². The number of imidazole rings is 1. The zero-order valence-corrected chi connectivity index (χ0v) is 14.4. The lowest BCUT2D eigenvalue weighted by Crippen LogP contribution is -2.38. The third-order valence-corrected chi connectivity index (χ3v) is 3.83. The Labute approximate surface area is 150 Å². The zero-order valence-electron chi connectivity index (χ0n) is 14.4. The number of fused-ring (bicyclic) bond motifs is 1. The first-order chi connectivity index (χ1) is 12.7. The Balaban J connectivity index is 1.55. The summed E-state index contributed by atoms with van der Waals surface area (Å²) in [6.45, 7) is 0.937. The van der Waals surface area contributed by atoms with Gasteiger partial charge in [-0.3, -0.25) is 4.57 Å². The SMILES string of the molecule is CCNC(=NCc1nccn1C(F)F)NCCc1ccc2c(c1)OCO2. The van der Waals surface area contributed by atoms with Crippen LogP contribution < -0.4 is 20.1 Å². The minimum Gasteiger partial charge on any atom is -0.454 e. The van der Waals surface area contributed by atoms with E-state index in [1.54, 1.807) is 0 Å². The molecule has 0 amide bonds. The van der Waals surface area contributed by atoms with Crippen LogP contribution in [0.2, 0.25) is 0 Å². The Bertz CT molecular complexity index is 763. The summed E-state index contributed by atoms with van der Waals surface area (Å²) in [6.07, 6.45) is 3.35. The molecule has 2 N–H and O–H groups in total. The quantitative estimate of drug-likeness (QED) is 0.582. The maximum atomic E-state index is 12.8. The van der Waals surface area contributed by atoms with E-state index in [-0.39, 0.29) is 19.2 Å². The molecule has 3 rings (SSSR count). The van der Waals surface area contributed by atoms with Crippen LogP contribution in [0.25, 0.3) is 0 Å². The molecule has 9 heteroatoms. The Morgan fingerprint density at radius 2 is 2.15 bits per heavy atom.